The van der Waals surface area contributed by atoms with E-state index >= 15 is 0 Å². The van der Waals surface area contributed by atoms with Crippen LogP contribution < -0.4 is 15.8 Å². The third-order valence-electron chi connectivity index (χ3n) is 2.42. The third-order valence-corrected chi connectivity index (χ3v) is 2.42. The van der Waals surface area contributed by atoms with E-state index in [2.05, 4.69) is 5.32 Å². The molecule has 0 fully saturated rings. The number of amides is 1. The zero-order chi connectivity index (χ0) is 12.8. The molecule has 1 unspecified atom stereocenters. The maximum absolute atomic E-state index is 11.5. The maximum Gasteiger partial charge on any atom is 0.221 e. The lowest BCUT2D eigenvalue weighted by atomic mass is 10.1. The normalized spacial score (nSPS) is 12.0. The summed E-state index contributed by atoms with van der Waals surface area (Å²) < 4.78 is 5.24. The van der Waals surface area contributed by atoms with E-state index in [1.807, 2.05) is 32.0 Å². The van der Waals surface area contributed by atoms with Crippen LogP contribution in [0.4, 0.5) is 0 Å². The number of carbonyl (C=O) groups excluding carboxylic acids is 1. The minimum absolute atomic E-state index is 0.0384. The lowest BCUT2D eigenvalue weighted by Gasteiger charge is -2.11. The highest BCUT2D eigenvalue weighted by atomic mass is 16.5. The van der Waals surface area contributed by atoms with Gasteiger partial charge in [-0.05, 0) is 19.9 Å². The lowest BCUT2D eigenvalue weighted by Crippen LogP contribution is -2.29. The van der Waals surface area contributed by atoms with Gasteiger partial charge in [0.15, 0.2) is 0 Å². The molecule has 94 valence electrons. The molecule has 0 aliphatic heterocycles. The maximum atomic E-state index is 11.5. The third kappa shape index (κ3) is 4.44. The summed E-state index contributed by atoms with van der Waals surface area (Å²) in [5.74, 6) is 0.750. The molecule has 0 saturated heterocycles. The summed E-state index contributed by atoms with van der Waals surface area (Å²) in [6.45, 7) is 4.29. The lowest BCUT2D eigenvalue weighted by molar-refractivity contribution is -0.121. The first kappa shape index (κ1) is 13.5. The van der Waals surface area contributed by atoms with E-state index in [0.717, 1.165) is 16.9 Å². The number of hydrogen-bond acceptors (Lipinski definition) is 3. The Kier molecular flexibility index (Phi) is 4.97. The molecule has 1 atom stereocenters. The first-order valence-corrected chi connectivity index (χ1v) is 5.68. The van der Waals surface area contributed by atoms with Crippen LogP contribution in [0.25, 0.3) is 0 Å². The Morgan fingerprint density at radius 2 is 2.24 bits per heavy atom. The zero-order valence-corrected chi connectivity index (χ0v) is 10.6. The highest BCUT2D eigenvalue weighted by molar-refractivity contribution is 5.76. The molecular weight excluding hydrogens is 216 g/mol. The smallest absolute Gasteiger partial charge is 0.221 e. The summed E-state index contributed by atoms with van der Waals surface area (Å²) in [5.41, 5.74) is 7.68. The van der Waals surface area contributed by atoms with Crippen LogP contribution in [-0.4, -0.2) is 19.1 Å². The molecule has 1 aromatic rings. The predicted molar refractivity (Wildman–Crippen MR) is 67.8 cm³/mol. The van der Waals surface area contributed by atoms with Crippen molar-refractivity contribution in [3.05, 3.63) is 29.3 Å². The molecular formula is C13H20N2O2. The fourth-order valence-corrected chi connectivity index (χ4v) is 1.60. The zero-order valence-electron chi connectivity index (χ0n) is 10.6. The number of ether oxygens (including phenoxy) is 1. The Bertz CT molecular complexity index is 389. The van der Waals surface area contributed by atoms with Crippen molar-refractivity contribution in [3.8, 4) is 5.75 Å². The van der Waals surface area contributed by atoms with Crippen LogP contribution in [-0.2, 0) is 11.3 Å². The van der Waals surface area contributed by atoms with Crippen molar-refractivity contribution in [1.82, 2.24) is 5.32 Å². The molecule has 0 aliphatic rings. The second-order valence-corrected chi connectivity index (χ2v) is 4.27. The van der Waals surface area contributed by atoms with Crippen LogP contribution in [0.5, 0.6) is 5.75 Å². The summed E-state index contributed by atoms with van der Waals surface area (Å²) in [6, 6.07) is 5.77. The Balaban J connectivity index is 2.62. The van der Waals surface area contributed by atoms with E-state index in [-0.39, 0.29) is 11.9 Å². The van der Waals surface area contributed by atoms with Gasteiger partial charge in [0.25, 0.3) is 0 Å². The SMILES string of the molecule is COc1ccc(C)cc1CNC(=O)CC(C)N. The fourth-order valence-electron chi connectivity index (χ4n) is 1.60. The summed E-state index contributed by atoms with van der Waals surface area (Å²) in [4.78, 5) is 11.5. The summed E-state index contributed by atoms with van der Waals surface area (Å²) in [6.07, 6.45) is 0.341. The molecule has 0 spiro atoms. The molecule has 1 amide bonds. The van der Waals surface area contributed by atoms with Gasteiger partial charge in [0, 0.05) is 24.6 Å². The molecule has 1 aromatic carbocycles. The molecule has 0 heterocycles. The van der Waals surface area contributed by atoms with Gasteiger partial charge in [-0.15, -0.1) is 0 Å². The Morgan fingerprint density at radius 3 is 2.82 bits per heavy atom. The minimum Gasteiger partial charge on any atom is -0.496 e. The molecule has 17 heavy (non-hydrogen) atoms. The average molecular weight is 236 g/mol. The number of nitrogens with two attached hydrogens (primary N) is 1. The largest absolute Gasteiger partial charge is 0.496 e. The topological polar surface area (TPSA) is 64.3 Å². The number of carbonyl (C=O) groups is 1. The number of aryl methyl sites for hydroxylation is 1. The van der Waals surface area contributed by atoms with Crippen LogP contribution >= 0.6 is 0 Å². The van der Waals surface area contributed by atoms with Crippen LogP contribution in [0.2, 0.25) is 0 Å². The molecule has 0 aromatic heterocycles. The van der Waals surface area contributed by atoms with E-state index in [1.54, 1.807) is 7.11 Å². The Labute approximate surface area is 102 Å². The Morgan fingerprint density at radius 1 is 1.53 bits per heavy atom. The van der Waals surface area contributed by atoms with E-state index in [0.29, 0.717) is 13.0 Å². The molecule has 1 rings (SSSR count). The molecule has 0 radical (unpaired) electrons. The molecule has 4 nitrogen and oxygen atoms in total. The van der Waals surface area contributed by atoms with Gasteiger partial charge in [-0.25, -0.2) is 0 Å². The van der Waals surface area contributed by atoms with Crippen LogP contribution in [0.15, 0.2) is 18.2 Å². The van der Waals surface area contributed by atoms with Crippen molar-refractivity contribution < 1.29 is 9.53 Å². The highest BCUT2D eigenvalue weighted by Gasteiger charge is 2.07. The predicted octanol–water partition coefficient (Wildman–Crippen LogP) is 1.36. The average Bonchev–Trinajstić information content (AvgIpc) is 2.25. The number of hydrogen-bond donors (Lipinski definition) is 2. The van der Waals surface area contributed by atoms with Crippen molar-refractivity contribution in [1.29, 1.82) is 0 Å². The van der Waals surface area contributed by atoms with Crippen molar-refractivity contribution in [3.63, 3.8) is 0 Å². The monoisotopic (exact) mass is 236 g/mol. The van der Waals surface area contributed by atoms with Crippen molar-refractivity contribution in [2.75, 3.05) is 7.11 Å². The van der Waals surface area contributed by atoms with Crippen molar-refractivity contribution >= 4 is 5.91 Å². The molecule has 0 bridgehead atoms. The Hall–Kier alpha value is -1.55. The second-order valence-electron chi connectivity index (χ2n) is 4.27. The van der Waals surface area contributed by atoms with Crippen LogP contribution in [0.1, 0.15) is 24.5 Å². The number of rotatable bonds is 5. The molecule has 0 aliphatic carbocycles. The van der Waals surface area contributed by atoms with E-state index in [9.17, 15) is 4.79 Å². The van der Waals surface area contributed by atoms with Crippen molar-refractivity contribution in [2.45, 2.75) is 32.9 Å². The summed E-state index contributed by atoms with van der Waals surface area (Å²) in [5, 5.41) is 2.83. The van der Waals surface area contributed by atoms with Gasteiger partial charge >= 0.3 is 0 Å². The summed E-state index contributed by atoms with van der Waals surface area (Å²) in [7, 11) is 1.62. The van der Waals surface area contributed by atoms with Gasteiger partial charge < -0.3 is 15.8 Å². The van der Waals surface area contributed by atoms with Crippen LogP contribution in [0.3, 0.4) is 0 Å². The quantitative estimate of drug-likeness (QED) is 0.811. The number of methoxy groups -OCH3 is 1. The second kappa shape index (κ2) is 6.25. The first-order chi connectivity index (χ1) is 8.02. The summed E-state index contributed by atoms with van der Waals surface area (Å²) >= 11 is 0. The van der Waals surface area contributed by atoms with Gasteiger partial charge in [0.1, 0.15) is 5.75 Å². The van der Waals surface area contributed by atoms with Gasteiger partial charge in [-0.3, -0.25) is 4.79 Å². The van der Waals surface area contributed by atoms with Gasteiger partial charge in [-0.1, -0.05) is 17.7 Å². The first-order valence-electron chi connectivity index (χ1n) is 5.68. The van der Waals surface area contributed by atoms with Gasteiger partial charge in [-0.2, -0.15) is 0 Å². The minimum atomic E-state index is -0.116. The number of nitrogens with one attached hydrogen (secondary N) is 1. The number of benzene rings is 1. The van der Waals surface area contributed by atoms with E-state index in [1.165, 1.54) is 0 Å². The molecule has 0 saturated carbocycles. The van der Waals surface area contributed by atoms with Crippen LogP contribution in [0, 0.1) is 6.92 Å². The highest BCUT2D eigenvalue weighted by Crippen LogP contribution is 2.19. The van der Waals surface area contributed by atoms with Gasteiger partial charge in [0.05, 0.1) is 7.11 Å². The standard InChI is InChI=1S/C13H20N2O2/c1-9-4-5-12(17-3)11(6-9)8-15-13(16)7-10(2)14/h4-6,10H,7-8,14H2,1-3H3,(H,15,16). The molecule has 4 heteroatoms. The van der Waals surface area contributed by atoms with Crippen molar-refractivity contribution in [2.24, 2.45) is 5.73 Å². The van der Waals surface area contributed by atoms with E-state index < -0.39 is 0 Å². The van der Waals surface area contributed by atoms with E-state index in [4.69, 9.17) is 10.5 Å². The van der Waals surface area contributed by atoms with Gasteiger partial charge in [0.2, 0.25) is 5.91 Å². The fraction of sp³-hybridized carbons (Fsp3) is 0.462. The molecule has 3 N–H and O–H groups in total.